The van der Waals surface area contributed by atoms with E-state index in [2.05, 4.69) is 6.07 Å². The number of hydrogen-bond acceptors (Lipinski definition) is 2. The van der Waals surface area contributed by atoms with Gasteiger partial charge in [-0.1, -0.05) is 42.5 Å². The van der Waals surface area contributed by atoms with Crippen molar-refractivity contribution in [1.82, 2.24) is 4.57 Å². The lowest BCUT2D eigenvalue weighted by atomic mass is 10.1. The molecular formula is C17H13N2O2. The molecule has 0 aliphatic rings. The fraction of sp³-hybridized carbons (Fsp3) is 0.0588. The first kappa shape index (κ1) is 13.1. The second kappa shape index (κ2) is 5.25. The SMILES string of the molecule is NC(=O)c1cc2[c]cccc2c(=O)n1Cc1ccccc1. The minimum atomic E-state index is -0.623. The standard InChI is InChI=1S/C17H13N2O2/c18-16(20)15-10-13-8-4-5-9-14(13)17(21)19(15)11-12-6-2-1-3-7-12/h1-7,9-10H,11H2,(H2,18,20). The summed E-state index contributed by atoms with van der Waals surface area (Å²) in [4.78, 5) is 24.2. The van der Waals surface area contributed by atoms with Crippen LogP contribution in [0.5, 0.6) is 0 Å². The molecule has 0 saturated heterocycles. The molecule has 1 heterocycles. The van der Waals surface area contributed by atoms with Gasteiger partial charge in [-0.3, -0.25) is 14.2 Å². The Kier molecular flexibility index (Phi) is 3.28. The highest BCUT2D eigenvalue weighted by atomic mass is 16.2. The van der Waals surface area contributed by atoms with Gasteiger partial charge in [0.1, 0.15) is 5.69 Å². The van der Waals surface area contributed by atoms with Crippen LogP contribution in [0, 0.1) is 6.07 Å². The van der Waals surface area contributed by atoms with Gasteiger partial charge in [0, 0.05) is 5.39 Å². The molecule has 2 N–H and O–H groups in total. The minimum absolute atomic E-state index is 0.193. The van der Waals surface area contributed by atoms with Crippen molar-refractivity contribution in [2.24, 2.45) is 5.73 Å². The lowest BCUT2D eigenvalue weighted by molar-refractivity contribution is 0.0991. The van der Waals surface area contributed by atoms with Gasteiger partial charge in [-0.15, -0.1) is 0 Å². The number of carbonyl (C=O) groups excluding carboxylic acids is 1. The Morgan fingerprint density at radius 2 is 1.90 bits per heavy atom. The van der Waals surface area contributed by atoms with Crippen molar-refractivity contribution in [3.8, 4) is 0 Å². The molecule has 4 nitrogen and oxygen atoms in total. The second-order valence-corrected chi connectivity index (χ2v) is 4.77. The van der Waals surface area contributed by atoms with Crippen molar-refractivity contribution < 1.29 is 4.79 Å². The van der Waals surface area contributed by atoms with E-state index < -0.39 is 5.91 Å². The third kappa shape index (κ3) is 2.43. The predicted molar refractivity (Wildman–Crippen MR) is 81.1 cm³/mol. The van der Waals surface area contributed by atoms with Gasteiger partial charge in [-0.25, -0.2) is 0 Å². The molecule has 0 spiro atoms. The Morgan fingerprint density at radius 1 is 1.14 bits per heavy atom. The second-order valence-electron chi connectivity index (χ2n) is 4.77. The van der Waals surface area contributed by atoms with Gasteiger partial charge in [-0.2, -0.15) is 0 Å². The van der Waals surface area contributed by atoms with Gasteiger partial charge in [0.25, 0.3) is 11.5 Å². The molecule has 4 heteroatoms. The third-order valence-corrected chi connectivity index (χ3v) is 3.37. The van der Waals surface area contributed by atoms with Crippen LogP contribution in [0.4, 0.5) is 0 Å². The van der Waals surface area contributed by atoms with Gasteiger partial charge in [0.15, 0.2) is 0 Å². The van der Waals surface area contributed by atoms with Gasteiger partial charge in [0.2, 0.25) is 0 Å². The third-order valence-electron chi connectivity index (χ3n) is 3.37. The maximum Gasteiger partial charge on any atom is 0.265 e. The molecule has 0 atom stereocenters. The molecular weight excluding hydrogens is 264 g/mol. The summed E-state index contributed by atoms with van der Waals surface area (Å²) in [7, 11) is 0. The van der Waals surface area contributed by atoms with Gasteiger partial charge < -0.3 is 5.73 Å². The zero-order chi connectivity index (χ0) is 14.8. The first-order chi connectivity index (χ1) is 10.2. The molecule has 0 aliphatic heterocycles. The number of nitrogens with zero attached hydrogens (tertiary/aromatic N) is 1. The number of aromatic nitrogens is 1. The molecule has 2 aromatic carbocycles. The minimum Gasteiger partial charge on any atom is -0.364 e. The Morgan fingerprint density at radius 3 is 2.62 bits per heavy atom. The molecule has 0 unspecified atom stereocenters. The van der Waals surface area contributed by atoms with Crippen LogP contribution in [-0.4, -0.2) is 10.5 Å². The summed E-state index contributed by atoms with van der Waals surface area (Å²) in [5.41, 5.74) is 6.31. The van der Waals surface area contributed by atoms with Crippen LogP contribution in [0.3, 0.4) is 0 Å². The number of pyridine rings is 1. The molecule has 1 radical (unpaired) electrons. The Bertz CT molecular complexity index is 867. The smallest absolute Gasteiger partial charge is 0.265 e. The van der Waals surface area contributed by atoms with E-state index in [0.717, 1.165) is 5.56 Å². The molecule has 1 amide bonds. The molecule has 0 fully saturated rings. The van der Waals surface area contributed by atoms with E-state index >= 15 is 0 Å². The Labute approximate surface area is 121 Å². The molecule has 0 aliphatic carbocycles. The van der Waals surface area contributed by atoms with Crippen LogP contribution >= 0.6 is 0 Å². The quantitative estimate of drug-likeness (QED) is 0.795. The normalized spacial score (nSPS) is 10.7. The lowest BCUT2D eigenvalue weighted by Crippen LogP contribution is -2.29. The summed E-state index contributed by atoms with van der Waals surface area (Å²) >= 11 is 0. The van der Waals surface area contributed by atoms with Crippen molar-refractivity contribution in [2.75, 3.05) is 0 Å². The van der Waals surface area contributed by atoms with E-state index in [9.17, 15) is 9.59 Å². The summed E-state index contributed by atoms with van der Waals surface area (Å²) in [5.74, 6) is -0.623. The molecule has 3 rings (SSSR count). The number of hydrogen-bond donors (Lipinski definition) is 1. The Hall–Kier alpha value is -2.88. The molecule has 0 bridgehead atoms. The van der Waals surface area contributed by atoms with Crippen LogP contribution in [-0.2, 0) is 6.54 Å². The van der Waals surface area contributed by atoms with Gasteiger partial charge in [-0.05, 0) is 29.1 Å². The maximum atomic E-state index is 12.6. The predicted octanol–water partition coefficient (Wildman–Crippen LogP) is 1.95. The number of primary amides is 1. The highest BCUT2D eigenvalue weighted by Crippen LogP contribution is 2.12. The first-order valence-electron chi connectivity index (χ1n) is 6.55. The van der Waals surface area contributed by atoms with Gasteiger partial charge >= 0.3 is 0 Å². The molecule has 1 aromatic heterocycles. The van der Waals surface area contributed by atoms with Crippen molar-refractivity contribution in [3.63, 3.8) is 0 Å². The lowest BCUT2D eigenvalue weighted by Gasteiger charge is -2.12. The monoisotopic (exact) mass is 277 g/mol. The number of fused-ring (bicyclic) bond motifs is 1. The molecule has 103 valence electrons. The zero-order valence-electron chi connectivity index (χ0n) is 11.2. The number of carbonyl (C=O) groups is 1. The van der Waals surface area contributed by atoms with Crippen molar-refractivity contribution in [1.29, 1.82) is 0 Å². The highest BCUT2D eigenvalue weighted by Gasteiger charge is 2.13. The molecule has 3 aromatic rings. The van der Waals surface area contributed by atoms with E-state index in [4.69, 9.17) is 5.73 Å². The van der Waals surface area contributed by atoms with E-state index in [1.54, 1.807) is 24.3 Å². The van der Waals surface area contributed by atoms with Crippen LogP contribution in [0.1, 0.15) is 16.1 Å². The van der Waals surface area contributed by atoms with Crippen molar-refractivity contribution in [3.05, 3.63) is 82.3 Å². The topological polar surface area (TPSA) is 65.1 Å². The van der Waals surface area contributed by atoms with E-state index in [0.29, 0.717) is 17.3 Å². The van der Waals surface area contributed by atoms with Crippen LogP contribution in [0.2, 0.25) is 0 Å². The fourth-order valence-electron chi connectivity index (χ4n) is 2.35. The van der Waals surface area contributed by atoms with Gasteiger partial charge in [0.05, 0.1) is 6.54 Å². The van der Waals surface area contributed by atoms with E-state index in [-0.39, 0.29) is 11.3 Å². The summed E-state index contributed by atoms with van der Waals surface area (Å²) in [5, 5.41) is 1.12. The first-order valence-corrected chi connectivity index (χ1v) is 6.55. The molecule has 0 saturated carbocycles. The summed E-state index contributed by atoms with van der Waals surface area (Å²) in [6.07, 6.45) is 0. The van der Waals surface area contributed by atoms with E-state index in [1.807, 2.05) is 30.3 Å². The molecule has 21 heavy (non-hydrogen) atoms. The maximum absolute atomic E-state index is 12.6. The zero-order valence-corrected chi connectivity index (χ0v) is 11.2. The average Bonchev–Trinajstić information content (AvgIpc) is 2.51. The Balaban J connectivity index is 2.24. The van der Waals surface area contributed by atoms with Crippen molar-refractivity contribution >= 4 is 16.7 Å². The number of nitrogens with two attached hydrogens (primary N) is 1. The van der Waals surface area contributed by atoms with Crippen LogP contribution in [0.15, 0.2) is 59.4 Å². The summed E-state index contributed by atoms with van der Waals surface area (Å²) in [6.45, 7) is 0.308. The van der Waals surface area contributed by atoms with Crippen LogP contribution < -0.4 is 11.3 Å². The van der Waals surface area contributed by atoms with Crippen LogP contribution in [0.25, 0.3) is 10.8 Å². The number of amides is 1. The number of rotatable bonds is 3. The fourth-order valence-corrected chi connectivity index (χ4v) is 2.35. The largest absolute Gasteiger partial charge is 0.364 e. The summed E-state index contributed by atoms with van der Waals surface area (Å²) in [6, 6.07) is 19.2. The summed E-state index contributed by atoms with van der Waals surface area (Å²) < 4.78 is 1.41. The average molecular weight is 277 g/mol. The van der Waals surface area contributed by atoms with E-state index in [1.165, 1.54) is 4.57 Å². The number of benzene rings is 2. The van der Waals surface area contributed by atoms with Crippen molar-refractivity contribution in [2.45, 2.75) is 6.54 Å². The highest BCUT2D eigenvalue weighted by molar-refractivity contribution is 5.95.